The summed E-state index contributed by atoms with van der Waals surface area (Å²) in [5.41, 5.74) is -1.33. The van der Waals surface area contributed by atoms with Crippen LogP contribution in [-0.4, -0.2) is 66.8 Å². The van der Waals surface area contributed by atoms with Gasteiger partial charge in [0.2, 0.25) is 5.82 Å². The third kappa shape index (κ3) is 12.4. The third-order valence-corrected chi connectivity index (χ3v) is 8.65. The molecule has 17 heteroatoms. The minimum absolute atomic E-state index is 0.0771. The SMILES string of the molecule is CCCCCCCCc1cn(CCCCCCOc2ccc([N+](=O)[O-])c(CC(=O)OC[C@H]3O[C@@H](n4cc(F)c(=O)[nH]c4=O)C[C@@H]3OC(C)=O)c2)nn1. The number of halogens is 1. The molecule has 1 N–H and O–H groups in total. The number of aromatic nitrogens is 5. The van der Waals surface area contributed by atoms with Crippen molar-refractivity contribution in [2.45, 2.75) is 122 Å². The number of carbonyl (C=O) groups excluding carboxylic acids is 2. The average Bonchev–Trinajstić information content (AvgIpc) is 3.72. The first kappa shape index (κ1) is 39.8. The molecule has 1 saturated heterocycles. The van der Waals surface area contributed by atoms with Crippen molar-refractivity contribution in [3.8, 4) is 5.75 Å². The van der Waals surface area contributed by atoms with Crippen molar-refractivity contribution in [3.63, 3.8) is 0 Å². The first-order valence-corrected chi connectivity index (χ1v) is 17.8. The number of aryl methyl sites for hydroxylation is 2. The van der Waals surface area contributed by atoms with Gasteiger partial charge in [-0.25, -0.2) is 4.79 Å². The van der Waals surface area contributed by atoms with E-state index in [0.29, 0.717) is 18.6 Å². The van der Waals surface area contributed by atoms with Gasteiger partial charge in [0.15, 0.2) is 0 Å². The number of aromatic amines is 1. The number of nitro benzene ring substituents is 1. The van der Waals surface area contributed by atoms with Crippen LogP contribution in [0.3, 0.4) is 0 Å². The fraction of sp³-hybridized carbons (Fsp3) is 0.600. The molecule has 0 unspecified atom stereocenters. The first-order chi connectivity index (χ1) is 25.0. The van der Waals surface area contributed by atoms with Crippen molar-refractivity contribution in [2.75, 3.05) is 13.2 Å². The molecule has 0 spiro atoms. The largest absolute Gasteiger partial charge is 0.494 e. The molecule has 0 radical (unpaired) electrons. The number of H-pyrrole nitrogens is 1. The van der Waals surface area contributed by atoms with Crippen molar-refractivity contribution in [2.24, 2.45) is 0 Å². The zero-order chi connectivity index (χ0) is 37.5. The molecule has 3 aromatic rings. The number of rotatable bonds is 22. The van der Waals surface area contributed by atoms with Crippen LogP contribution in [0.1, 0.15) is 102 Å². The molecule has 3 atom stereocenters. The zero-order valence-corrected chi connectivity index (χ0v) is 29.6. The van der Waals surface area contributed by atoms with Crippen LogP contribution in [0.2, 0.25) is 0 Å². The second-order valence-electron chi connectivity index (χ2n) is 12.8. The molecule has 0 aliphatic carbocycles. The molecular weight excluding hydrogens is 683 g/mol. The molecule has 0 saturated carbocycles. The van der Waals surface area contributed by atoms with E-state index in [1.807, 2.05) is 15.9 Å². The predicted octanol–water partition coefficient (Wildman–Crippen LogP) is 4.72. The highest BCUT2D eigenvalue weighted by molar-refractivity contribution is 5.74. The van der Waals surface area contributed by atoms with Gasteiger partial charge in [0.1, 0.15) is 30.8 Å². The lowest BCUT2D eigenvalue weighted by molar-refractivity contribution is -0.385. The Morgan fingerprint density at radius 1 is 1.08 bits per heavy atom. The van der Waals surface area contributed by atoms with E-state index >= 15 is 0 Å². The third-order valence-electron chi connectivity index (χ3n) is 8.65. The van der Waals surface area contributed by atoms with Gasteiger partial charge in [-0.05, 0) is 44.2 Å². The second kappa shape index (κ2) is 20.2. The Morgan fingerprint density at radius 3 is 2.60 bits per heavy atom. The lowest BCUT2D eigenvalue weighted by Crippen LogP contribution is -2.34. The molecule has 4 rings (SSSR count). The van der Waals surface area contributed by atoms with Crippen LogP contribution in [0.4, 0.5) is 10.1 Å². The Balaban J connectivity index is 1.20. The van der Waals surface area contributed by atoms with Crippen LogP contribution in [0.15, 0.2) is 40.2 Å². The van der Waals surface area contributed by atoms with Crippen LogP contribution < -0.4 is 16.0 Å². The van der Waals surface area contributed by atoms with Gasteiger partial charge in [-0.2, -0.15) is 4.39 Å². The van der Waals surface area contributed by atoms with E-state index < -0.39 is 65.4 Å². The Kier molecular flexibility index (Phi) is 15.5. The molecule has 0 amide bonds. The van der Waals surface area contributed by atoms with Gasteiger partial charge in [0.05, 0.1) is 29.8 Å². The summed E-state index contributed by atoms with van der Waals surface area (Å²) in [5.74, 6) is -2.36. The van der Waals surface area contributed by atoms with Crippen molar-refractivity contribution >= 4 is 17.6 Å². The molecule has 3 heterocycles. The molecule has 1 aliphatic heterocycles. The molecule has 1 aliphatic rings. The molecule has 1 aromatic carbocycles. The van der Waals surface area contributed by atoms with Crippen LogP contribution in [0.5, 0.6) is 5.75 Å². The fourth-order valence-corrected chi connectivity index (χ4v) is 5.95. The standard InChI is InChI=1S/C35H47FN6O10/c1-3-4-5-6-7-10-13-26-21-40(39-38-26)16-11-8-9-12-17-49-27-14-15-29(42(47)48)25(18-27)19-33(44)50-23-31-30(51-24(2)43)20-32(52-31)41-22-28(36)34(45)37-35(41)46/h14-15,18,21-22,30-32H,3-13,16-17,19-20,23H2,1-2H3,(H,37,45,46)/t30-,31+,32+/m0/s1. The quantitative estimate of drug-likeness (QED) is 0.0647. The minimum atomic E-state index is -1.22. The molecule has 1 fully saturated rings. The van der Waals surface area contributed by atoms with Crippen molar-refractivity contribution < 1.29 is 37.9 Å². The lowest BCUT2D eigenvalue weighted by atomic mass is 10.1. The average molecular weight is 731 g/mol. The van der Waals surface area contributed by atoms with Gasteiger partial charge < -0.3 is 18.9 Å². The van der Waals surface area contributed by atoms with E-state index in [0.717, 1.165) is 62.3 Å². The highest BCUT2D eigenvalue weighted by Gasteiger charge is 2.40. The maximum absolute atomic E-state index is 13.9. The number of esters is 2. The number of hydrogen-bond donors (Lipinski definition) is 1. The monoisotopic (exact) mass is 730 g/mol. The van der Waals surface area contributed by atoms with Crippen molar-refractivity contribution in [3.05, 3.63) is 78.6 Å². The summed E-state index contributed by atoms with van der Waals surface area (Å²) in [4.78, 5) is 61.0. The van der Waals surface area contributed by atoms with Crippen LogP contribution in [-0.2, 0) is 43.2 Å². The Hall–Kier alpha value is -4.93. The van der Waals surface area contributed by atoms with E-state index in [4.69, 9.17) is 18.9 Å². The smallest absolute Gasteiger partial charge is 0.330 e. The lowest BCUT2D eigenvalue weighted by Gasteiger charge is -2.18. The van der Waals surface area contributed by atoms with Crippen LogP contribution in [0.25, 0.3) is 0 Å². The number of nitrogens with zero attached hydrogens (tertiary/aromatic N) is 5. The van der Waals surface area contributed by atoms with Gasteiger partial charge in [-0.1, -0.05) is 50.7 Å². The molecule has 2 aromatic heterocycles. The zero-order valence-electron chi connectivity index (χ0n) is 29.6. The number of benzene rings is 1. The normalized spacial score (nSPS) is 16.9. The minimum Gasteiger partial charge on any atom is -0.494 e. The molecule has 52 heavy (non-hydrogen) atoms. The summed E-state index contributed by atoms with van der Waals surface area (Å²) in [5, 5.41) is 20.2. The van der Waals surface area contributed by atoms with E-state index in [-0.39, 0.29) is 17.7 Å². The number of nitrogens with one attached hydrogen (secondary N) is 1. The highest BCUT2D eigenvalue weighted by Crippen LogP contribution is 2.31. The van der Waals surface area contributed by atoms with E-state index in [1.165, 1.54) is 50.3 Å². The topological polar surface area (TPSA) is 200 Å². The van der Waals surface area contributed by atoms with Gasteiger partial charge in [0, 0.05) is 37.7 Å². The summed E-state index contributed by atoms with van der Waals surface area (Å²) in [6.07, 6.45) is 11.0. The van der Waals surface area contributed by atoms with E-state index in [9.17, 15) is 33.7 Å². The Morgan fingerprint density at radius 2 is 1.83 bits per heavy atom. The predicted molar refractivity (Wildman–Crippen MR) is 184 cm³/mol. The summed E-state index contributed by atoms with van der Waals surface area (Å²) >= 11 is 0. The van der Waals surface area contributed by atoms with E-state index in [1.54, 1.807) is 0 Å². The molecule has 0 bridgehead atoms. The molecule has 16 nitrogen and oxygen atoms in total. The number of hydrogen-bond acceptors (Lipinski definition) is 12. The number of ether oxygens (including phenoxy) is 4. The van der Waals surface area contributed by atoms with Gasteiger partial charge in [-0.15, -0.1) is 5.10 Å². The van der Waals surface area contributed by atoms with Crippen LogP contribution in [0, 0.1) is 15.9 Å². The van der Waals surface area contributed by atoms with Crippen molar-refractivity contribution in [1.82, 2.24) is 24.5 Å². The maximum atomic E-state index is 13.9. The van der Waals surface area contributed by atoms with Crippen molar-refractivity contribution in [1.29, 1.82) is 0 Å². The van der Waals surface area contributed by atoms with Crippen LogP contribution >= 0.6 is 0 Å². The van der Waals surface area contributed by atoms with Gasteiger partial charge in [-0.3, -0.25) is 38.7 Å². The number of nitro groups is 1. The Labute approximate surface area is 299 Å². The summed E-state index contributed by atoms with van der Waals surface area (Å²) < 4.78 is 38.7. The summed E-state index contributed by atoms with van der Waals surface area (Å²) in [6, 6.07) is 4.16. The number of unbranched alkanes of at least 4 members (excludes halogenated alkanes) is 8. The fourth-order valence-electron chi connectivity index (χ4n) is 5.95. The Bertz CT molecular complexity index is 1760. The summed E-state index contributed by atoms with van der Waals surface area (Å²) in [7, 11) is 0. The van der Waals surface area contributed by atoms with Gasteiger partial charge in [0.25, 0.3) is 11.2 Å². The second-order valence-corrected chi connectivity index (χ2v) is 12.8. The van der Waals surface area contributed by atoms with Gasteiger partial charge >= 0.3 is 17.6 Å². The summed E-state index contributed by atoms with van der Waals surface area (Å²) in [6.45, 7) is 4.11. The molecule has 284 valence electrons. The number of carbonyl (C=O) groups is 2. The molecular formula is C35H47FN6O10. The first-order valence-electron chi connectivity index (χ1n) is 17.8. The van der Waals surface area contributed by atoms with E-state index in [2.05, 4.69) is 17.2 Å². The maximum Gasteiger partial charge on any atom is 0.330 e. The highest BCUT2D eigenvalue weighted by atomic mass is 19.1.